The van der Waals surface area contributed by atoms with Crippen molar-refractivity contribution in [2.75, 3.05) is 5.32 Å². The molecule has 0 aliphatic heterocycles. The lowest BCUT2D eigenvalue weighted by atomic mass is 10.1. The van der Waals surface area contributed by atoms with Gasteiger partial charge in [-0.2, -0.15) is 0 Å². The molecule has 9 heteroatoms. The summed E-state index contributed by atoms with van der Waals surface area (Å²) in [4.78, 5) is 43.5. The van der Waals surface area contributed by atoms with Gasteiger partial charge in [-0.15, -0.1) is 22.7 Å². The molecule has 0 radical (unpaired) electrons. The highest BCUT2D eigenvalue weighted by Gasteiger charge is 2.20. The first-order valence-corrected chi connectivity index (χ1v) is 11.0. The smallest absolute Gasteiger partial charge is 0.302 e. The maximum absolute atomic E-state index is 12.7. The normalized spacial score (nSPS) is 11.2. The molecule has 1 amide bonds. The van der Waals surface area contributed by atoms with Crippen molar-refractivity contribution in [3.8, 4) is 11.3 Å². The van der Waals surface area contributed by atoms with E-state index in [0.29, 0.717) is 20.9 Å². The van der Waals surface area contributed by atoms with E-state index in [1.54, 1.807) is 7.05 Å². The van der Waals surface area contributed by atoms with E-state index in [0.717, 1.165) is 20.7 Å². The van der Waals surface area contributed by atoms with Gasteiger partial charge in [-0.05, 0) is 19.4 Å². The van der Waals surface area contributed by atoms with E-state index in [-0.39, 0.29) is 23.6 Å². The summed E-state index contributed by atoms with van der Waals surface area (Å²) in [5.41, 5.74) is 2.86. The van der Waals surface area contributed by atoms with E-state index in [2.05, 4.69) is 10.3 Å². The van der Waals surface area contributed by atoms with Gasteiger partial charge in [0.1, 0.15) is 4.83 Å². The van der Waals surface area contributed by atoms with Crippen LogP contribution in [0.25, 0.3) is 21.5 Å². The number of anilines is 1. The number of nitrogens with one attached hydrogen (secondary N) is 1. The molecule has 0 aliphatic rings. The molecule has 0 atom stereocenters. The zero-order valence-electron chi connectivity index (χ0n) is 17.0. The fraction of sp³-hybridized carbons (Fsp3) is 0.238. The van der Waals surface area contributed by atoms with Gasteiger partial charge in [-0.1, -0.05) is 29.8 Å². The molecule has 0 fully saturated rings. The number of amides is 1. The van der Waals surface area contributed by atoms with Crippen LogP contribution in [0, 0.1) is 13.8 Å². The summed E-state index contributed by atoms with van der Waals surface area (Å²) >= 11 is 2.71. The van der Waals surface area contributed by atoms with Crippen molar-refractivity contribution in [1.29, 1.82) is 0 Å². The fourth-order valence-corrected chi connectivity index (χ4v) is 5.16. The molecule has 0 saturated carbocycles. The largest absolute Gasteiger partial charge is 0.331 e. The van der Waals surface area contributed by atoms with E-state index in [4.69, 9.17) is 0 Å². The Morgan fingerprint density at radius 3 is 2.50 bits per heavy atom. The third kappa shape index (κ3) is 3.50. The first kappa shape index (κ1) is 20.2. The lowest BCUT2D eigenvalue weighted by Gasteiger charge is -2.05. The summed E-state index contributed by atoms with van der Waals surface area (Å²) in [5.74, 6) is -0.251. The highest BCUT2D eigenvalue weighted by molar-refractivity contribution is 7.18. The number of nitrogens with zero attached hydrogens (tertiary/aromatic N) is 3. The lowest BCUT2D eigenvalue weighted by Crippen LogP contribution is -2.36. The molecule has 0 unspecified atom stereocenters. The molecule has 4 rings (SSSR count). The number of rotatable bonds is 4. The van der Waals surface area contributed by atoms with Gasteiger partial charge in [0.25, 0.3) is 5.56 Å². The van der Waals surface area contributed by atoms with Crippen LogP contribution in [0.4, 0.5) is 5.13 Å². The van der Waals surface area contributed by atoms with Gasteiger partial charge >= 0.3 is 5.69 Å². The quantitative estimate of drug-likeness (QED) is 0.528. The Hall–Kier alpha value is -3.04. The second-order valence-electron chi connectivity index (χ2n) is 7.15. The SMILES string of the molecule is Cc1ccc(-c2csc(NC(=O)Cc3c(C)sc4c3c(=O)n(C)c(=O)n4C)n2)cc1. The van der Waals surface area contributed by atoms with Crippen molar-refractivity contribution >= 4 is 43.9 Å². The number of hydrogen-bond acceptors (Lipinski definition) is 6. The Balaban J connectivity index is 1.60. The fourth-order valence-electron chi connectivity index (χ4n) is 3.31. The summed E-state index contributed by atoms with van der Waals surface area (Å²) < 4.78 is 2.52. The number of thiophene rings is 1. The molecule has 30 heavy (non-hydrogen) atoms. The molecule has 1 aromatic carbocycles. The Morgan fingerprint density at radius 1 is 1.10 bits per heavy atom. The lowest BCUT2D eigenvalue weighted by molar-refractivity contribution is -0.115. The molecule has 7 nitrogen and oxygen atoms in total. The number of hydrogen-bond donors (Lipinski definition) is 1. The van der Waals surface area contributed by atoms with E-state index in [1.807, 2.05) is 43.5 Å². The minimum Gasteiger partial charge on any atom is -0.302 e. The number of aromatic nitrogens is 3. The number of thiazole rings is 1. The maximum Gasteiger partial charge on any atom is 0.331 e. The highest BCUT2D eigenvalue weighted by atomic mass is 32.1. The first-order chi connectivity index (χ1) is 14.3. The van der Waals surface area contributed by atoms with Crippen LogP contribution in [-0.4, -0.2) is 20.0 Å². The van der Waals surface area contributed by atoms with Gasteiger partial charge in [0, 0.05) is 29.9 Å². The summed E-state index contributed by atoms with van der Waals surface area (Å²) in [7, 11) is 3.08. The van der Waals surface area contributed by atoms with Crippen molar-refractivity contribution in [2.45, 2.75) is 20.3 Å². The molecule has 0 saturated heterocycles. The Bertz CT molecular complexity index is 1390. The molecule has 0 spiro atoms. The van der Waals surface area contributed by atoms with Gasteiger partial charge in [0.15, 0.2) is 5.13 Å². The Kier molecular flexibility index (Phi) is 5.17. The minimum absolute atomic E-state index is 0.0404. The van der Waals surface area contributed by atoms with Crippen LogP contribution in [0.2, 0.25) is 0 Å². The van der Waals surface area contributed by atoms with Gasteiger partial charge in [0.2, 0.25) is 5.91 Å². The van der Waals surface area contributed by atoms with E-state index in [1.165, 1.54) is 39.9 Å². The molecular formula is C21H20N4O3S2. The maximum atomic E-state index is 12.7. The average molecular weight is 441 g/mol. The zero-order chi connectivity index (χ0) is 21.6. The molecule has 0 bridgehead atoms. The second kappa shape index (κ2) is 7.66. The number of carbonyl (C=O) groups excluding carboxylic acids is 1. The molecule has 4 aromatic rings. The topological polar surface area (TPSA) is 86.0 Å². The van der Waals surface area contributed by atoms with Gasteiger partial charge < -0.3 is 5.32 Å². The highest BCUT2D eigenvalue weighted by Crippen LogP contribution is 2.29. The molecule has 1 N–H and O–H groups in total. The molecular weight excluding hydrogens is 420 g/mol. The number of aryl methyl sites for hydroxylation is 3. The number of benzene rings is 1. The van der Waals surface area contributed by atoms with Gasteiger partial charge in [0.05, 0.1) is 17.5 Å². The standard InChI is InChI=1S/C21H20N4O3S2/c1-11-5-7-13(8-6-11)15-10-29-20(22-15)23-16(26)9-14-12(2)30-19-17(14)18(27)24(3)21(28)25(19)4/h5-8,10H,9H2,1-4H3,(H,22,23,26). The van der Waals surface area contributed by atoms with Crippen LogP contribution < -0.4 is 16.6 Å². The average Bonchev–Trinajstić information content (AvgIpc) is 3.30. The Morgan fingerprint density at radius 2 is 1.80 bits per heavy atom. The molecule has 3 aromatic heterocycles. The Labute approximate surface area is 180 Å². The third-order valence-corrected chi connectivity index (χ3v) is 7.00. The first-order valence-electron chi connectivity index (χ1n) is 9.26. The van der Waals surface area contributed by atoms with Crippen molar-refractivity contribution in [3.63, 3.8) is 0 Å². The second-order valence-corrected chi connectivity index (χ2v) is 9.21. The number of carbonyl (C=O) groups is 1. The van der Waals surface area contributed by atoms with Crippen molar-refractivity contribution in [2.24, 2.45) is 14.1 Å². The summed E-state index contributed by atoms with van der Waals surface area (Å²) in [6, 6.07) is 8.03. The van der Waals surface area contributed by atoms with Crippen molar-refractivity contribution in [1.82, 2.24) is 14.1 Å². The zero-order valence-corrected chi connectivity index (χ0v) is 18.6. The summed E-state index contributed by atoms with van der Waals surface area (Å²) in [6.45, 7) is 3.88. The van der Waals surface area contributed by atoms with Crippen molar-refractivity contribution in [3.05, 3.63) is 66.5 Å². The van der Waals surface area contributed by atoms with Crippen LogP contribution >= 0.6 is 22.7 Å². The van der Waals surface area contributed by atoms with E-state index >= 15 is 0 Å². The van der Waals surface area contributed by atoms with Crippen LogP contribution in [-0.2, 0) is 25.3 Å². The van der Waals surface area contributed by atoms with Crippen LogP contribution in [0.1, 0.15) is 16.0 Å². The summed E-state index contributed by atoms with van der Waals surface area (Å²) in [5, 5.41) is 5.66. The molecule has 3 heterocycles. The van der Waals surface area contributed by atoms with Crippen molar-refractivity contribution < 1.29 is 4.79 Å². The van der Waals surface area contributed by atoms with Gasteiger partial charge in [-0.25, -0.2) is 9.78 Å². The predicted molar refractivity (Wildman–Crippen MR) is 122 cm³/mol. The van der Waals surface area contributed by atoms with Crippen LogP contribution in [0.3, 0.4) is 0 Å². The molecule has 154 valence electrons. The van der Waals surface area contributed by atoms with E-state index < -0.39 is 0 Å². The van der Waals surface area contributed by atoms with Gasteiger partial charge in [-0.3, -0.25) is 18.7 Å². The third-order valence-electron chi connectivity index (χ3n) is 5.02. The summed E-state index contributed by atoms with van der Waals surface area (Å²) in [6.07, 6.45) is 0.0404. The number of fused-ring (bicyclic) bond motifs is 1. The molecule has 0 aliphatic carbocycles. The van der Waals surface area contributed by atoms with E-state index in [9.17, 15) is 14.4 Å². The monoisotopic (exact) mass is 440 g/mol. The predicted octanol–water partition coefficient (Wildman–Crippen LogP) is 3.22. The minimum atomic E-state index is -0.379. The van der Waals surface area contributed by atoms with Crippen LogP contribution in [0.5, 0.6) is 0 Å². The van der Waals surface area contributed by atoms with Crippen LogP contribution in [0.15, 0.2) is 39.2 Å².